The minimum atomic E-state index is -0.629. The van der Waals surface area contributed by atoms with Gasteiger partial charge >= 0.3 is 5.69 Å². The van der Waals surface area contributed by atoms with Gasteiger partial charge in [-0.15, -0.1) is 0 Å². The maximum atomic E-state index is 13.5. The van der Waals surface area contributed by atoms with Crippen molar-refractivity contribution in [3.63, 3.8) is 0 Å². The number of hydrogen-bond donors (Lipinski definition) is 1. The van der Waals surface area contributed by atoms with Crippen LogP contribution in [-0.2, 0) is 20.0 Å². The van der Waals surface area contributed by atoms with Gasteiger partial charge in [-0.25, -0.2) is 13.8 Å². The molecule has 0 bridgehead atoms. The van der Waals surface area contributed by atoms with Gasteiger partial charge in [-0.2, -0.15) is 4.98 Å². The van der Waals surface area contributed by atoms with Crippen LogP contribution in [0.2, 0.25) is 0 Å². The Morgan fingerprint density at radius 2 is 1.56 bits per heavy atom. The third-order valence-electron chi connectivity index (χ3n) is 5.96. The molecule has 9 nitrogen and oxygen atoms in total. The first-order valence-electron chi connectivity index (χ1n) is 11.0. The summed E-state index contributed by atoms with van der Waals surface area (Å²) in [5.41, 5.74) is -0.0798. The van der Waals surface area contributed by atoms with Crippen molar-refractivity contribution in [3.8, 4) is 11.6 Å². The van der Waals surface area contributed by atoms with Gasteiger partial charge < -0.3 is 5.11 Å². The minimum absolute atomic E-state index is 0.00915. The standard InChI is InChI=1S/C25H23N5O4/c1-3-10-18-21(31)28(15-16-11-6-4-7-12-16)24-26-20-19(30(24)22(18)32)23(33)27(2)25(34)29(20)17-13-8-5-9-14-17/h4-9,11-14,31H,3,10,15H2,1-2H3. The average molecular weight is 457 g/mol. The molecule has 0 aliphatic carbocycles. The summed E-state index contributed by atoms with van der Waals surface area (Å²) in [4.78, 5) is 44.5. The van der Waals surface area contributed by atoms with Crippen molar-refractivity contribution in [2.75, 3.05) is 0 Å². The Balaban J connectivity index is 1.99. The molecule has 9 heteroatoms. The van der Waals surface area contributed by atoms with E-state index in [0.717, 1.165) is 10.1 Å². The molecule has 0 aliphatic rings. The van der Waals surface area contributed by atoms with E-state index in [1.165, 1.54) is 20.6 Å². The normalized spacial score (nSPS) is 11.5. The predicted octanol–water partition coefficient (Wildman–Crippen LogP) is 2.21. The topological polar surface area (TPSA) is 104 Å². The second-order valence-corrected chi connectivity index (χ2v) is 8.17. The summed E-state index contributed by atoms with van der Waals surface area (Å²) in [5.74, 6) is -0.0995. The molecular weight excluding hydrogens is 434 g/mol. The summed E-state index contributed by atoms with van der Waals surface area (Å²) in [6, 6.07) is 18.3. The molecule has 0 radical (unpaired) electrons. The van der Waals surface area contributed by atoms with Crippen LogP contribution in [0.15, 0.2) is 75.0 Å². The molecule has 0 saturated carbocycles. The summed E-state index contributed by atoms with van der Waals surface area (Å²) in [5, 5.41) is 11.1. The van der Waals surface area contributed by atoms with Crippen molar-refractivity contribution >= 4 is 16.9 Å². The predicted molar refractivity (Wildman–Crippen MR) is 129 cm³/mol. The number of nitrogens with zero attached hydrogens (tertiary/aromatic N) is 5. The van der Waals surface area contributed by atoms with Crippen LogP contribution in [-0.4, -0.2) is 28.2 Å². The highest BCUT2D eigenvalue weighted by Gasteiger charge is 2.25. The van der Waals surface area contributed by atoms with Gasteiger partial charge in [-0.1, -0.05) is 61.9 Å². The first-order valence-corrected chi connectivity index (χ1v) is 11.0. The van der Waals surface area contributed by atoms with Crippen molar-refractivity contribution in [2.45, 2.75) is 26.3 Å². The van der Waals surface area contributed by atoms with Gasteiger partial charge in [0.1, 0.15) is 0 Å². The number of aromatic nitrogens is 5. The fraction of sp³-hybridized carbons (Fsp3) is 0.200. The highest BCUT2D eigenvalue weighted by Crippen LogP contribution is 2.23. The maximum Gasteiger partial charge on any atom is 0.337 e. The Bertz CT molecular complexity index is 1710. The van der Waals surface area contributed by atoms with Crippen LogP contribution in [0.1, 0.15) is 24.5 Å². The van der Waals surface area contributed by atoms with Crippen LogP contribution in [0.4, 0.5) is 0 Å². The van der Waals surface area contributed by atoms with Gasteiger partial charge in [-0.05, 0) is 24.1 Å². The van der Waals surface area contributed by atoms with E-state index in [1.54, 1.807) is 24.3 Å². The number of imidazole rings is 1. The van der Waals surface area contributed by atoms with E-state index in [2.05, 4.69) is 4.98 Å². The maximum absolute atomic E-state index is 13.5. The Morgan fingerprint density at radius 3 is 2.21 bits per heavy atom. The van der Waals surface area contributed by atoms with Crippen molar-refractivity contribution in [3.05, 3.63) is 103 Å². The lowest BCUT2D eigenvalue weighted by Crippen LogP contribution is -2.38. The molecule has 2 aromatic carbocycles. The van der Waals surface area contributed by atoms with Crippen molar-refractivity contribution < 1.29 is 5.11 Å². The molecule has 1 N–H and O–H groups in total. The average Bonchev–Trinajstić information content (AvgIpc) is 3.25. The van der Waals surface area contributed by atoms with Gasteiger partial charge in [0.15, 0.2) is 11.2 Å². The largest absolute Gasteiger partial charge is 0.494 e. The zero-order valence-electron chi connectivity index (χ0n) is 18.8. The van der Waals surface area contributed by atoms with E-state index in [0.29, 0.717) is 18.5 Å². The van der Waals surface area contributed by atoms with Gasteiger partial charge in [0.05, 0.1) is 17.8 Å². The van der Waals surface area contributed by atoms with E-state index >= 15 is 0 Å². The molecular formula is C25H23N5O4. The van der Waals surface area contributed by atoms with Crippen LogP contribution >= 0.6 is 0 Å². The summed E-state index contributed by atoms with van der Waals surface area (Å²) in [6.07, 6.45) is 0.951. The van der Waals surface area contributed by atoms with E-state index in [9.17, 15) is 19.5 Å². The number of aromatic hydroxyl groups is 1. The van der Waals surface area contributed by atoms with Crippen molar-refractivity contribution in [1.29, 1.82) is 0 Å². The highest BCUT2D eigenvalue weighted by molar-refractivity contribution is 5.77. The van der Waals surface area contributed by atoms with E-state index in [-0.39, 0.29) is 34.9 Å². The first-order chi connectivity index (χ1) is 16.4. The summed E-state index contributed by atoms with van der Waals surface area (Å²) < 4.78 is 5.02. The first kappa shape index (κ1) is 21.4. The molecule has 3 aromatic heterocycles. The van der Waals surface area contributed by atoms with Crippen LogP contribution in [0.3, 0.4) is 0 Å². The molecule has 0 atom stereocenters. The van der Waals surface area contributed by atoms with Crippen molar-refractivity contribution in [1.82, 2.24) is 23.1 Å². The van der Waals surface area contributed by atoms with E-state index in [1.807, 2.05) is 43.3 Å². The highest BCUT2D eigenvalue weighted by atomic mass is 16.3. The Kier molecular flexibility index (Phi) is 5.16. The lowest BCUT2D eigenvalue weighted by molar-refractivity contribution is 0.411. The zero-order chi connectivity index (χ0) is 24.0. The molecule has 0 saturated heterocycles. The van der Waals surface area contributed by atoms with Gasteiger partial charge in [-0.3, -0.25) is 18.7 Å². The number of para-hydroxylation sites is 1. The van der Waals surface area contributed by atoms with E-state index < -0.39 is 16.8 Å². The van der Waals surface area contributed by atoms with Crippen LogP contribution in [0.25, 0.3) is 22.6 Å². The molecule has 3 heterocycles. The summed E-state index contributed by atoms with van der Waals surface area (Å²) in [6.45, 7) is 2.13. The fourth-order valence-corrected chi connectivity index (χ4v) is 4.28. The molecule has 34 heavy (non-hydrogen) atoms. The third-order valence-corrected chi connectivity index (χ3v) is 5.96. The Hall–Kier alpha value is -4.40. The lowest BCUT2D eigenvalue weighted by Gasteiger charge is -2.14. The SMILES string of the molecule is CCCc1c(O)n(Cc2ccccc2)c2nc3c(c(=O)n(C)c(=O)n3-c3ccccc3)n2c1=O. The van der Waals surface area contributed by atoms with Gasteiger partial charge in [0, 0.05) is 7.05 Å². The summed E-state index contributed by atoms with van der Waals surface area (Å²) >= 11 is 0. The second kappa shape index (κ2) is 8.18. The lowest BCUT2D eigenvalue weighted by atomic mass is 10.1. The number of rotatable bonds is 5. The number of benzene rings is 2. The molecule has 172 valence electrons. The molecule has 5 aromatic rings. The van der Waals surface area contributed by atoms with Crippen LogP contribution in [0.5, 0.6) is 5.88 Å². The second-order valence-electron chi connectivity index (χ2n) is 8.17. The molecule has 0 fully saturated rings. The zero-order valence-corrected chi connectivity index (χ0v) is 18.8. The molecule has 0 aliphatic heterocycles. The van der Waals surface area contributed by atoms with Gasteiger partial charge in [0.25, 0.3) is 11.1 Å². The van der Waals surface area contributed by atoms with E-state index in [4.69, 9.17) is 0 Å². The monoisotopic (exact) mass is 457 g/mol. The Labute approximate surface area is 193 Å². The molecule has 0 unspecified atom stereocenters. The van der Waals surface area contributed by atoms with Gasteiger partial charge in [0.2, 0.25) is 11.7 Å². The number of hydrogen-bond acceptors (Lipinski definition) is 5. The van der Waals surface area contributed by atoms with Crippen LogP contribution in [0, 0.1) is 0 Å². The minimum Gasteiger partial charge on any atom is -0.494 e. The molecule has 0 spiro atoms. The molecule has 5 rings (SSSR count). The quantitative estimate of drug-likeness (QED) is 0.436. The fourth-order valence-electron chi connectivity index (χ4n) is 4.28. The third kappa shape index (κ3) is 3.16. The van der Waals surface area contributed by atoms with Crippen molar-refractivity contribution in [2.24, 2.45) is 7.05 Å². The number of fused-ring (bicyclic) bond motifs is 3. The summed E-state index contributed by atoms with van der Waals surface area (Å²) in [7, 11) is 1.37. The van der Waals surface area contributed by atoms with Crippen LogP contribution < -0.4 is 16.8 Å². The Morgan fingerprint density at radius 1 is 0.912 bits per heavy atom. The molecule has 0 amide bonds. The smallest absolute Gasteiger partial charge is 0.337 e.